The molecule has 0 aliphatic rings. The minimum atomic E-state index is -0.366. The van der Waals surface area contributed by atoms with Crippen LogP contribution < -0.4 is 16.4 Å². The number of para-hydroxylation sites is 1. The predicted molar refractivity (Wildman–Crippen MR) is 134 cm³/mol. The van der Waals surface area contributed by atoms with Crippen molar-refractivity contribution in [3.8, 4) is 11.1 Å². The summed E-state index contributed by atoms with van der Waals surface area (Å²) in [6.45, 7) is 0.438. The van der Waals surface area contributed by atoms with Crippen LogP contribution in [0.1, 0.15) is 26.3 Å². The smallest absolute Gasteiger partial charge is 0.258 e. The molecule has 0 bridgehead atoms. The van der Waals surface area contributed by atoms with Crippen LogP contribution in [-0.4, -0.2) is 16.8 Å². The Morgan fingerprint density at radius 3 is 2.27 bits per heavy atom. The number of halogens is 1. The van der Waals surface area contributed by atoms with Gasteiger partial charge in [0, 0.05) is 22.8 Å². The first-order valence-corrected chi connectivity index (χ1v) is 11.1. The third-order valence-electron chi connectivity index (χ3n) is 5.08. The van der Waals surface area contributed by atoms with Crippen molar-refractivity contribution in [2.75, 3.05) is 10.6 Å². The van der Waals surface area contributed by atoms with Gasteiger partial charge in [0.1, 0.15) is 5.82 Å². The number of anilines is 2. The van der Waals surface area contributed by atoms with Crippen LogP contribution in [0.15, 0.2) is 95.6 Å². The summed E-state index contributed by atoms with van der Waals surface area (Å²) in [4.78, 5) is 29.8. The highest BCUT2D eigenvalue weighted by Crippen LogP contribution is 2.24. The summed E-state index contributed by atoms with van der Waals surface area (Å²) in [5.74, 6) is -0.261. The maximum Gasteiger partial charge on any atom is 0.258 e. The summed E-state index contributed by atoms with van der Waals surface area (Å²) in [6.07, 6.45) is 1.60. The van der Waals surface area contributed by atoms with E-state index < -0.39 is 0 Å². The number of rotatable bonds is 6. The molecule has 1 aromatic heterocycles. The van der Waals surface area contributed by atoms with Gasteiger partial charge in [-0.15, -0.1) is 0 Å². The van der Waals surface area contributed by atoms with Gasteiger partial charge in [0.25, 0.3) is 11.8 Å². The number of benzene rings is 3. The Labute approximate surface area is 200 Å². The SMILES string of the molecule is NCc1ccccc1-c1ccc(C(=O)Nc2ccccc2C(=O)Nc2ccc(Br)cn2)cc1. The van der Waals surface area contributed by atoms with Crippen LogP contribution in [0, 0.1) is 0 Å². The van der Waals surface area contributed by atoms with Gasteiger partial charge in [-0.2, -0.15) is 0 Å². The lowest BCUT2D eigenvalue weighted by Crippen LogP contribution is -2.18. The van der Waals surface area contributed by atoms with Crippen LogP contribution in [0.25, 0.3) is 11.1 Å². The van der Waals surface area contributed by atoms with E-state index in [9.17, 15) is 9.59 Å². The summed E-state index contributed by atoms with van der Waals surface area (Å²) in [5.41, 5.74) is 10.1. The van der Waals surface area contributed by atoms with E-state index in [1.165, 1.54) is 0 Å². The molecule has 0 radical (unpaired) electrons. The van der Waals surface area contributed by atoms with Gasteiger partial charge in [0.05, 0.1) is 11.3 Å². The lowest BCUT2D eigenvalue weighted by Gasteiger charge is -2.12. The fraction of sp³-hybridized carbons (Fsp3) is 0.0385. The molecule has 0 saturated heterocycles. The number of nitrogens with zero attached hydrogens (tertiary/aromatic N) is 1. The quantitative estimate of drug-likeness (QED) is 0.326. The van der Waals surface area contributed by atoms with E-state index in [1.807, 2.05) is 36.4 Å². The van der Waals surface area contributed by atoms with Gasteiger partial charge in [0.15, 0.2) is 0 Å². The molecule has 7 heteroatoms. The molecule has 4 aromatic rings. The molecule has 0 fully saturated rings. The van der Waals surface area contributed by atoms with Gasteiger partial charge in [-0.1, -0.05) is 48.5 Å². The number of carbonyl (C=O) groups excluding carboxylic acids is 2. The maximum atomic E-state index is 12.9. The Bertz CT molecular complexity index is 1290. The van der Waals surface area contributed by atoms with Crippen LogP contribution in [0.4, 0.5) is 11.5 Å². The van der Waals surface area contributed by atoms with E-state index in [0.29, 0.717) is 29.2 Å². The monoisotopic (exact) mass is 500 g/mol. The van der Waals surface area contributed by atoms with E-state index in [4.69, 9.17) is 5.73 Å². The highest BCUT2D eigenvalue weighted by atomic mass is 79.9. The zero-order valence-electron chi connectivity index (χ0n) is 17.6. The fourth-order valence-electron chi connectivity index (χ4n) is 3.40. The molecule has 0 unspecified atom stereocenters. The van der Waals surface area contributed by atoms with E-state index in [2.05, 4.69) is 31.5 Å². The Kier molecular flexibility index (Phi) is 6.92. The fourth-order valence-corrected chi connectivity index (χ4v) is 3.63. The van der Waals surface area contributed by atoms with Crippen LogP contribution >= 0.6 is 15.9 Å². The minimum Gasteiger partial charge on any atom is -0.326 e. The third-order valence-corrected chi connectivity index (χ3v) is 5.55. The second-order valence-electron chi connectivity index (χ2n) is 7.25. The molecular weight excluding hydrogens is 480 g/mol. The maximum absolute atomic E-state index is 12.9. The van der Waals surface area contributed by atoms with Crippen molar-refractivity contribution in [2.45, 2.75) is 6.54 Å². The first-order chi connectivity index (χ1) is 16.0. The molecule has 2 amide bonds. The zero-order valence-corrected chi connectivity index (χ0v) is 19.2. The Morgan fingerprint density at radius 2 is 1.55 bits per heavy atom. The van der Waals surface area contributed by atoms with Gasteiger partial charge in [0.2, 0.25) is 0 Å². The zero-order chi connectivity index (χ0) is 23.2. The topological polar surface area (TPSA) is 97.1 Å². The van der Waals surface area contributed by atoms with E-state index in [0.717, 1.165) is 21.2 Å². The van der Waals surface area contributed by atoms with E-state index in [1.54, 1.807) is 54.7 Å². The molecule has 0 spiro atoms. The first-order valence-electron chi connectivity index (χ1n) is 10.3. The molecule has 164 valence electrons. The molecule has 3 aromatic carbocycles. The number of nitrogens with one attached hydrogen (secondary N) is 2. The second-order valence-corrected chi connectivity index (χ2v) is 8.17. The van der Waals surface area contributed by atoms with Crippen LogP contribution in [0.2, 0.25) is 0 Å². The Morgan fingerprint density at radius 1 is 0.818 bits per heavy atom. The molecule has 0 aliphatic carbocycles. The molecular formula is C26H21BrN4O2. The van der Waals surface area contributed by atoms with Crippen molar-refractivity contribution < 1.29 is 9.59 Å². The number of carbonyl (C=O) groups is 2. The molecule has 0 saturated carbocycles. The van der Waals surface area contributed by atoms with Gasteiger partial charge >= 0.3 is 0 Å². The molecule has 6 nitrogen and oxygen atoms in total. The number of hydrogen-bond acceptors (Lipinski definition) is 4. The number of nitrogens with two attached hydrogens (primary N) is 1. The average molecular weight is 501 g/mol. The molecule has 1 heterocycles. The van der Waals surface area contributed by atoms with E-state index in [-0.39, 0.29) is 11.8 Å². The molecule has 0 aliphatic heterocycles. The number of amides is 2. The summed E-state index contributed by atoms with van der Waals surface area (Å²) >= 11 is 3.31. The van der Waals surface area contributed by atoms with Gasteiger partial charge < -0.3 is 16.4 Å². The third kappa shape index (κ3) is 5.34. The summed E-state index contributed by atoms with van der Waals surface area (Å²) in [5, 5.41) is 5.58. The van der Waals surface area contributed by atoms with Gasteiger partial charge in [-0.05, 0) is 69.0 Å². The Balaban J connectivity index is 1.51. The lowest BCUT2D eigenvalue weighted by molar-refractivity contribution is 0.102. The summed E-state index contributed by atoms with van der Waals surface area (Å²) in [6, 6.07) is 25.5. The van der Waals surface area contributed by atoms with Crippen molar-refractivity contribution in [1.82, 2.24) is 4.98 Å². The standard InChI is InChI=1S/C26H21BrN4O2/c27-20-13-14-24(29-16-20)31-26(33)22-7-3-4-8-23(22)30-25(32)18-11-9-17(10-12-18)21-6-2-1-5-19(21)15-28/h1-14,16H,15,28H2,(H,30,32)(H,29,31,33). The Hall–Kier alpha value is -3.81. The van der Waals surface area contributed by atoms with Crippen LogP contribution in [0.3, 0.4) is 0 Å². The number of hydrogen-bond donors (Lipinski definition) is 3. The molecule has 0 atom stereocenters. The number of pyridine rings is 1. The second kappa shape index (κ2) is 10.2. The minimum absolute atomic E-state index is 0.310. The molecule has 4 rings (SSSR count). The van der Waals surface area contributed by atoms with Crippen molar-refractivity contribution in [2.24, 2.45) is 5.73 Å². The van der Waals surface area contributed by atoms with Crippen molar-refractivity contribution in [3.63, 3.8) is 0 Å². The lowest BCUT2D eigenvalue weighted by atomic mass is 9.98. The number of aromatic nitrogens is 1. The normalized spacial score (nSPS) is 10.5. The summed E-state index contributed by atoms with van der Waals surface area (Å²) in [7, 11) is 0. The van der Waals surface area contributed by atoms with Crippen molar-refractivity contribution >= 4 is 39.2 Å². The van der Waals surface area contributed by atoms with Gasteiger partial charge in [-0.3, -0.25) is 9.59 Å². The van der Waals surface area contributed by atoms with E-state index >= 15 is 0 Å². The first kappa shape index (κ1) is 22.4. The largest absolute Gasteiger partial charge is 0.326 e. The van der Waals surface area contributed by atoms with Crippen LogP contribution in [-0.2, 0) is 6.54 Å². The van der Waals surface area contributed by atoms with Crippen molar-refractivity contribution in [1.29, 1.82) is 0 Å². The molecule has 4 N–H and O–H groups in total. The average Bonchev–Trinajstić information content (AvgIpc) is 2.85. The predicted octanol–water partition coefficient (Wildman–Crippen LogP) is 5.47. The van der Waals surface area contributed by atoms with Crippen LogP contribution in [0.5, 0.6) is 0 Å². The van der Waals surface area contributed by atoms with Crippen molar-refractivity contribution in [3.05, 3.63) is 112 Å². The van der Waals surface area contributed by atoms with Gasteiger partial charge in [-0.25, -0.2) is 4.98 Å². The summed E-state index contributed by atoms with van der Waals surface area (Å²) < 4.78 is 0.811. The highest BCUT2D eigenvalue weighted by molar-refractivity contribution is 9.10. The highest BCUT2D eigenvalue weighted by Gasteiger charge is 2.15. The molecule has 33 heavy (non-hydrogen) atoms.